The van der Waals surface area contributed by atoms with E-state index in [-0.39, 0.29) is 11.3 Å². The molecule has 4 rings (SSSR count). The van der Waals surface area contributed by atoms with Crippen LogP contribution in [0.2, 0.25) is 0 Å². The van der Waals surface area contributed by atoms with Gasteiger partial charge in [-0.1, -0.05) is 5.16 Å². The van der Waals surface area contributed by atoms with Crippen LogP contribution in [-0.4, -0.2) is 36.3 Å². The first-order valence-corrected chi connectivity index (χ1v) is 8.90. The maximum Gasteiger partial charge on any atom is 0.257 e. The average molecular weight is 341 g/mol. The van der Waals surface area contributed by atoms with Gasteiger partial charge in [0.2, 0.25) is 0 Å². The van der Waals surface area contributed by atoms with Gasteiger partial charge in [-0.15, -0.1) is 0 Å². The van der Waals surface area contributed by atoms with Crippen molar-refractivity contribution in [3.63, 3.8) is 0 Å². The molecule has 1 N–H and O–H groups in total. The minimum Gasteiger partial charge on any atom is -0.385 e. The molecule has 2 saturated carbocycles. The minimum absolute atomic E-state index is 0.0422. The average Bonchev–Trinajstić information content (AvgIpc) is 3.58. The summed E-state index contributed by atoms with van der Waals surface area (Å²) in [6, 6.07) is 7.33. The SMILES string of the molecule is COCCC1(CNC(=O)c2ccc(-c3nc(C4CC4)no3)cc2)CC1. The van der Waals surface area contributed by atoms with Gasteiger partial charge in [0.1, 0.15) is 0 Å². The fourth-order valence-electron chi connectivity index (χ4n) is 3.00. The molecule has 2 aliphatic rings. The van der Waals surface area contributed by atoms with Crippen LogP contribution < -0.4 is 5.32 Å². The Hall–Kier alpha value is -2.21. The minimum atomic E-state index is -0.0422. The summed E-state index contributed by atoms with van der Waals surface area (Å²) in [5.41, 5.74) is 1.73. The third kappa shape index (κ3) is 3.74. The summed E-state index contributed by atoms with van der Waals surface area (Å²) in [6.45, 7) is 1.46. The van der Waals surface area contributed by atoms with Crippen LogP contribution in [-0.2, 0) is 4.74 Å². The van der Waals surface area contributed by atoms with Crippen molar-refractivity contribution >= 4 is 5.91 Å². The zero-order valence-corrected chi connectivity index (χ0v) is 14.5. The molecule has 0 atom stereocenters. The lowest BCUT2D eigenvalue weighted by atomic mass is 10.0. The summed E-state index contributed by atoms with van der Waals surface area (Å²) < 4.78 is 10.5. The van der Waals surface area contributed by atoms with Crippen LogP contribution in [0.25, 0.3) is 11.5 Å². The molecular weight excluding hydrogens is 318 g/mol. The Labute approximate surface area is 147 Å². The number of nitrogens with zero attached hydrogens (tertiary/aromatic N) is 2. The van der Waals surface area contributed by atoms with E-state index in [9.17, 15) is 4.79 Å². The van der Waals surface area contributed by atoms with Crippen molar-refractivity contribution in [2.45, 2.75) is 38.0 Å². The van der Waals surface area contributed by atoms with Gasteiger partial charge in [0.25, 0.3) is 11.8 Å². The largest absolute Gasteiger partial charge is 0.385 e. The summed E-state index contributed by atoms with van der Waals surface area (Å²) >= 11 is 0. The molecule has 0 aliphatic heterocycles. The van der Waals surface area contributed by atoms with Crippen molar-refractivity contribution < 1.29 is 14.1 Å². The maximum absolute atomic E-state index is 12.3. The normalized spacial score (nSPS) is 18.1. The van der Waals surface area contributed by atoms with Crippen LogP contribution in [0, 0.1) is 5.41 Å². The number of rotatable bonds is 8. The molecule has 2 aromatic rings. The maximum atomic E-state index is 12.3. The highest BCUT2D eigenvalue weighted by Gasteiger charge is 2.42. The Balaban J connectivity index is 1.35. The summed E-state index contributed by atoms with van der Waals surface area (Å²) in [5.74, 6) is 1.74. The Kier molecular flexibility index (Phi) is 4.29. The highest BCUT2D eigenvalue weighted by molar-refractivity contribution is 5.94. The second kappa shape index (κ2) is 6.59. The van der Waals surface area contributed by atoms with E-state index in [0.29, 0.717) is 23.9 Å². The van der Waals surface area contributed by atoms with Gasteiger partial charge in [0.15, 0.2) is 5.82 Å². The lowest BCUT2D eigenvalue weighted by Gasteiger charge is -2.15. The molecule has 25 heavy (non-hydrogen) atoms. The van der Waals surface area contributed by atoms with Gasteiger partial charge in [-0.2, -0.15) is 4.98 Å². The number of hydrogen-bond acceptors (Lipinski definition) is 5. The highest BCUT2D eigenvalue weighted by Crippen LogP contribution is 2.48. The van der Waals surface area contributed by atoms with E-state index in [1.54, 1.807) is 19.2 Å². The van der Waals surface area contributed by atoms with Crippen molar-refractivity contribution in [3.05, 3.63) is 35.7 Å². The second-order valence-corrected chi connectivity index (χ2v) is 7.23. The van der Waals surface area contributed by atoms with Gasteiger partial charge in [0, 0.05) is 37.3 Å². The summed E-state index contributed by atoms with van der Waals surface area (Å²) in [4.78, 5) is 16.8. The summed E-state index contributed by atoms with van der Waals surface area (Å²) in [6.07, 6.45) is 5.61. The van der Waals surface area contributed by atoms with E-state index in [1.165, 1.54) is 0 Å². The number of methoxy groups -OCH3 is 1. The van der Waals surface area contributed by atoms with Gasteiger partial charge in [-0.25, -0.2) is 0 Å². The molecule has 0 saturated heterocycles. The van der Waals surface area contributed by atoms with Crippen molar-refractivity contribution in [2.75, 3.05) is 20.3 Å². The third-order valence-electron chi connectivity index (χ3n) is 5.20. The lowest BCUT2D eigenvalue weighted by Crippen LogP contribution is -2.30. The molecule has 0 unspecified atom stereocenters. The quantitative estimate of drug-likeness (QED) is 0.798. The third-order valence-corrected chi connectivity index (χ3v) is 5.20. The van der Waals surface area contributed by atoms with Crippen molar-refractivity contribution in [1.82, 2.24) is 15.5 Å². The zero-order valence-electron chi connectivity index (χ0n) is 14.5. The van der Waals surface area contributed by atoms with Gasteiger partial charge in [0.05, 0.1) is 0 Å². The number of hydrogen-bond donors (Lipinski definition) is 1. The number of ether oxygens (including phenoxy) is 1. The molecule has 1 aromatic heterocycles. The van der Waals surface area contributed by atoms with Crippen LogP contribution in [0.3, 0.4) is 0 Å². The number of amides is 1. The summed E-state index contributed by atoms with van der Waals surface area (Å²) in [5, 5.41) is 7.08. The molecule has 0 bridgehead atoms. The van der Waals surface area contributed by atoms with E-state index in [4.69, 9.17) is 9.26 Å². The van der Waals surface area contributed by atoms with Crippen LogP contribution in [0.5, 0.6) is 0 Å². The predicted molar refractivity (Wildman–Crippen MR) is 92.2 cm³/mol. The van der Waals surface area contributed by atoms with Crippen LogP contribution >= 0.6 is 0 Å². The molecule has 2 aliphatic carbocycles. The molecule has 0 radical (unpaired) electrons. The monoisotopic (exact) mass is 341 g/mol. The molecule has 1 amide bonds. The fourth-order valence-corrected chi connectivity index (χ4v) is 3.00. The number of benzene rings is 1. The molecule has 0 spiro atoms. The van der Waals surface area contributed by atoms with E-state index in [1.807, 2.05) is 12.1 Å². The zero-order chi connectivity index (χ0) is 17.3. The van der Waals surface area contributed by atoms with Gasteiger partial charge >= 0.3 is 0 Å². The molecule has 1 aromatic carbocycles. The first-order valence-electron chi connectivity index (χ1n) is 8.90. The molecule has 2 fully saturated rings. The molecule has 132 valence electrons. The molecule has 6 heteroatoms. The fraction of sp³-hybridized carbons (Fsp3) is 0.526. The first-order chi connectivity index (χ1) is 12.2. The van der Waals surface area contributed by atoms with Crippen molar-refractivity contribution in [3.8, 4) is 11.5 Å². The topological polar surface area (TPSA) is 77.2 Å². The lowest BCUT2D eigenvalue weighted by molar-refractivity contribution is 0.0938. The number of carbonyl (C=O) groups is 1. The van der Waals surface area contributed by atoms with Gasteiger partial charge in [-0.3, -0.25) is 4.79 Å². The van der Waals surface area contributed by atoms with Crippen LogP contribution in [0.15, 0.2) is 28.8 Å². The first kappa shape index (κ1) is 16.3. The Morgan fingerprint density at radius 3 is 2.72 bits per heavy atom. The van der Waals surface area contributed by atoms with Crippen LogP contribution in [0.1, 0.15) is 54.2 Å². The number of nitrogens with one attached hydrogen (secondary N) is 1. The van der Waals surface area contributed by atoms with E-state index in [0.717, 1.165) is 50.1 Å². The summed E-state index contributed by atoms with van der Waals surface area (Å²) in [7, 11) is 1.72. The van der Waals surface area contributed by atoms with E-state index in [2.05, 4.69) is 15.5 Å². The smallest absolute Gasteiger partial charge is 0.257 e. The van der Waals surface area contributed by atoms with Gasteiger partial charge in [-0.05, 0) is 61.8 Å². The predicted octanol–water partition coefficient (Wildman–Crippen LogP) is 3.16. The van der Waals surface area contributed by atoms with E-state index < -0.39 is 0 Å². The highest BCUT2D eigenvalue weighted by atomic mass is 16.5. The number of aromatic nitrogens is 2. The number of carbonyl (C=O) groups excluding carboxylic acids is 1. The van der Waals surface area contributed by atoms with Crippen molar-refractivity contribution in [2.24, 2.45) is 5.41 Å². The van der Waals surface area contributed by atoms with Gasteiger partial charge < -0.3 is 14.6 Å². The van der Waals surface area contributed by atoms with Crippen LogP contribution in [0.4, 0.5) is 0 Å². The Bertz CT molecular complexity index is 746. The Morgan fingerprint density at radius 2 is 2.08 bits per heavy atom. The molecule has 6 nitrogen and oxygen atoms in total. The van der Waals surface area contributed by atoms with E-state index >= 15 is 0 Å². The van der Waals surface area contributed by atoms with Crippen molar-refractivity contribution in [1.29, 1.82) is 0 Å². The molecular formula is C19H23N3O3. The standard InChI is InChI=1S/C19H23N3O3/c1-24-11-10-19(8-9-19)12-20-17(23)14-4-6-15(7-5-14)18-21-16(22-25-18)13-2-3-13/h4-7,13H,2-3,8-12H2,1H3,(H,20,23). The Morgan fingerprint density at radius 1 is 1.32 bits per heavy atom. The second-order valence-electron chi connectivity index (χ2n) is 7.23. The molecule has 1 heterocycles.